The van der Waals surface area contributed by atoms with Gasteiger partial charge in [0.15, 0.2) is 0 Å². The molecule has 16 heavy (non-hydrogen) atoms. The average molecular weight is 218 g/mol. The zero-order chi connectivity index (χ0) is 11.5. The normalized spacial score (nSPS) is 12.8. The van der Waals surface area contributed by atoms with Crippen LogP contribution in [-0.2, 0) is 4.79 Å². The molecule has 0 radical (unpaired) electrons. The highest BCUT2D eigenvalue weighted by Crippen LogP contribution is 2.22. The molecule has 1 unspecified atom stereocenters. The van der Waals surface area contributed by atoms with Crippen molar-refractivity contribution in [3.8, 4) is 0 Å². The van der Waals surface area contributed by atoms with Crippen LogP contribution in [0.5, 0.6) is 0 Å². The summed E-state index contributed by atoms with van der Waals surface area (Å²) >= 11 is 0. The predicted molar refractivity (Wildman–Crippen MR) is 62.3 cm³/mol. The first-order valence-electron chi connectivity index (χ1n) is 5.20. The summed E-state index contributed by atoms with van der Waals surface area (Å²) in [6.07, 6.45) is 0.0589. The number of nitrogens with one attached hydrogen (secondary N) is 1. The second-order valence-corrected chi connectivity index (χ2v) is 3.84. The molecule has 0 aliphatic heterocycles. The van der Waals surface area contributed by atoms with Crippen LogP contribution >= 0.6 is 0 Å². The van der Waals surface area contributed by atoms with Gasteiger partial charge in [-0.25, -0.2) is 0 Å². The summed E-state index contributed by atoms with van der Waals surface area (Å²) in [5.41, 5.74) is 7.50. The molecular formula is C12H14N2O2. The number of aromatic nitrogens is 1. The van der Waals surface area contributed by atoms with Crippen molar-refractivity contribution < 1.29 is 9.90 Å². The van der Waals surface area contributed by atoms with Crippen molar-refractivity contribution >= 4 is 16.9 Å². The van der Waals surface area contributed by atoms with Gasteiger partial charge in [-0.2, -0.15) is 0 Å². The number of carboxylic acid groups (broad SMARTS) is 1. The largest absolute Gasteiger partial charge is 0.481 e. The molecule has 0 aliphatic carbocycles. The minimum absolute atomic E-state index is 0.0589. The standard InChI is InChI=1S/C12H14N2O2/c13-7-9(6-12(15)16)11-5-8-3-1-2-4-10(8)14-11/h1-5,9,14H,6-7,13H2,(H,15,16). The zero-order valence-corrected chi connectivity index (χ0v) is 8.81. The first kappa shape index (κ1) is 10.7. The van der Waals surface area contributed by atoms with Crippen LogP contribution in [0, 0.1) is 0 Å². The van der Waals surface area contributed by atoms with Gasteiger partial charge in [-0.05, 0) is 17.5 Å². The van der Waals surface area contributed by atoms with Gasteiger partial charge in [0, 0.05) is 23.7 Å². The maximum atomic E-state index is 10.7. The molecule has 1 aromatic carbocycles. The van der Waals surface area contributed by atoms with E-state index in [1.54, 1.807) is 0 Å². The maximum absolute atomic E-state index is 10.7. The molecule has 1 aromatic heterocycles. The lowest BCUT2D eigenvalue weighted by Crippen LogP contribution is -2.16. The highest BCUT2D eigenvalue weighted by atomic mass is 16.4. The van der Waals surface area contributed by atoms with E-state index >= 15 is 0 Å². The van der Waals surface area contributed by atoms with Crippen molar-refractivity contribution in [1.82, 2.24) is 4.98 Å². The fourth-order valence-electron chi connectivity index (χ4n) is 1.85. The van der Waals surface area contributed by atoms with Crippen LogP contribution in [-0.4, -0.2) is 22.6 Å². The maximum Gasteiger partial charge on any atom is 0.304 e. The lowest BCUT2D eigenvalue weighted by Gasteiger charge is -2.09. The van der Waals surface area contributed by atoms with Gasteiger partial charge in [-0.3, -0.25) is 4.79 Å². The third-order valence-corrected chi connectivity index (χ3v) is 2.70. The molecule has 2 rings (SSSR count). The number of benzene rings is 1. The second-order valence-electron chi connectivity index (χ2n) is 3.84. The smallest absolute Gasteiger partial charge is 0.304 e. The van der Waals surface area contributed by atoms with Crippen LogP contribution in [0.3, 0.4) is 0 Å². The molecule has 84 valence electrons. The van der Waals surface area contributed by atoms with E-state index in [1.807, 2.05) is 30.3 Å². The number of carbonyl (C=O) groups is 1. The van der Waals surface area contributed by atoms with Gasteiger partial charge in [0.2, 0.25) is 0 Å². The van der Waals surface area contributed by atoms with Crippen molar-refractivity contribution in [1.29, 1.82) is 0 Å². The van der Waals surface area contributed by atoms with Crippen LogP contribution in [0.2, 0.25) is 0 Å². The Morgan fingerprint density at radius 3 is 2.81 bits per heavy atom. The molecule has 0 spiro atoms. The fourth-order valence-corrected chi connectivity index (χ4v) is 1.85. The van der Waals surface area contributed by atoms with Gasteiger partial charge in [-0.1, -0.05) is 18.2 Å². The minimum atomic E-state index is -0.825. The molecule has 4 N–H and O–H groups in total. The van der Waals surface area contributed by atoms with E-state index < -0.39 is 5.97 Å². The summed E-state index contributed by atoms with van der Waals surface area (Å²) in [6.45, 7) is 0.332. The fraction of sp³-hybridized carbons (Fsp3) is 0.250. The Balaban J connectivity index is 2.34. The predicted octanol–water partition coefficient (Wildman–Crippen LogP) is 1.68. The topological polar surface area (TPSA) is 79.1 Å². The number of aromatic amines is 1. The molecule has 0 amide bonds. The lowest BCUT2D eigenvalue weighted by molar-refractivity contribution is -0.137. The minimum Gasteiger partial charge on any atom is -0.481 e. The number of hydrogen-bond donors (Lipinski definition) is 3. The highest BCUT2D eigenvalue weighted by Gasteiger charge is 2.15. The molecule has 4 nitrogen and oxygen atoms in total. The number of carboxylic acids is 1. The Morgan fingerprint density at radius 2 is 2.19 bits per heavy atom. The van der Waals surface area contributed by atoms with Crippen molar-refractivity contribution in [3.63, 3.8) is 0 Å². The van der Waals surface area contributed by atoms with Crippen LogP contribution in [0.4, 0.5) is 0 Å². The molecule has 1 atom stereocenters. The van der Waals surface area contributed by atoms with Crippen LogP contribution in [0.1, 0.15) is 18.0 Å². The van der Waals surface area contributed by atoms with Crippen LogP contribution in [0.15, 0.2) is 30.3 Å². The highest BCUT2D eigenvalue weighted by molar-refractivity contribution is 5.80. The van der Waals surface area contributed by atoms with E-state index in [9.17, 15) is 4.79 Å². The average Bonchev–Trinajstić information content (AvgIpc) is 2.68. The van der Waals surface area contributed by atoms with E-state index in [0.29, 0.717) is 6.54 Å². The Labute approximate surface area is 93.1 Å². The number of H-pyrrole nitrogens is 1. The Kier molecular flexibility index (Phi) is 2.92. The van der Waals surface area contributed by atoms with E-state index in [2.05, 4.69) is 4.98 Å². The van der Waals surface area contributed by atoms with Gasteiger partial charge in [-0.15, -0.1) is 0 Å². The monoisotopic (exact) mass is 218 g/mol. The number of rotatable bonds is 4. The van der Waals surface area contributed by atoms with E-state index in [-0.39, 0.29) is 12.3 Å². The van der Waals surface area contributed by atoms with E-state index in [1.165, 1.54) is 0 Å². The SMILES string of the molecule is NCC(CC(=O)O)c1cc2ccccc2[nH]1. The van der Waals surface area contributed by atoms with Crippen molar-refractivity contribution in [2.75, 3.05) is 6.54 Å². The molecule has 0 fully saturated rings. The lowest BCUT2D eigenvalue weighted by atomic mass is 10.0. The third kappa shape index (κ3) is 2.06. The van der Waals surface area contributed by atoms with Gasteiger partial charge < -0.3 is 15.8 Å². The molecule has 1 heterocycles. The molecule has 2 aromatic rings. The summed E-state index contributed by atoms with van der Waals surface area (Å²) in [5.74, 6) is -0.973. The molecule has 0 bridgehead atoms. The molecule has 4 heteroatoms. The Morgan fingerprint density at radius 1 is 1.44 bits per heavy atom. The summed E-state index contributed by atoms with van der Waals surface area (Å²) < 4.78 is 0. The molecule has 0 aliphatic rings. The Hall–Kier alpha value is -1.81. The second kappa shape index (κ2) is 4.37. The van der Waals surface area contributed by atoms with Gasteiger partial charge in [0.1, 0.15) is 0 Å². The number of nitrogens with two attached hydrogens (primary N) is 1. The molecule has 0 saturated heterocycles. The number of fused-ring (bicyclic) bond motifs is 1. The van der Waals surface area contributed by atoms with Gasteiger partial charge in [0.25, 0.3) is 0 Å². The number of para-hydroxylation sites is 1. The zero-order valence-electron chi connectivity index (χ0n) is 8.81. The molecular weight excluding hydrogens is 204 g/mol. The summed E-state index contributed by atoms with van der Waals surface area (Å²) in [4.78, 5) is 13.9. The van der Waals surface area contributed by atoms with Crippen molar-refractivity contribution in [2.45, 2.75) is 12.3 Å². The Bertz CT molecular complexity index is 471. The van der Waals surface area contributed by atoms with E-state index in [0.717, 1.165) is 16.6 Å². The third-order valence-electron chi connectivity index (χ3n) is 2.70. The summed E-state index contributed by atoms with van der Waals surface area (Å²) in [6, 6.07) is 9.82. The van der Waals surface area contributed by atoms with Crippen LogP contribution in [0.25, 0.3) is 10.9 Å². The van der Waals surface area contributed by atoms with Gasteiger partial charge >= 0.3 is 5.97 Å². The van der Waals surface area contributed by atoms with Crippen molar-refractivity contribution in [2.24, 2.45) is 5.73 Å². The number of hydrogen-bond acceptors (Lipinski definition) is 2. The first-order valence-corrected chi connectivity index (χ1v) is 5.20. The van der Waals surface area contributed by atoms with Gasteiger partial charge in [0.05, 0.1) is 6.42 Å². The van der Waals surface area contributed by atoms with Crippen LogP contribution < -0.4 is 5.73 Å². The number of aliphatic carboxylic acids is 1. The van der Waals surface area contributed by atoms with Crippen molar-refractivity contribution in [3.05, 3.63) is 36.0 Å². The van der Waals surface area contributed by atoms with E-state index in [4.69, 9.17) is 10.8 Å². The quantitative estimate of drug-likeness (QED) is 0.730. The summed E-state index contributed by atoms with van der Waals surface area (Å²) in [5, 5.41) is 9.87. The first-order chi connectivity index (χ1) is 7.70. The molecule has 0 saturated carbocycles. The summed E-state index contributed by atoms with van der Waals surface area (Å²) in [7, 11) is 0.